The van der Waals surface area contributed by atoms with E-state index in [1.807, 2.05) is 42.6 Å². The van der Waals surface area contributed by atoms with E-state index in [2.05, 4.69) is 10.3 Å². The number of nitrogens with zero attached hydrogens (tertiary/aromatic N) is 1. The standard InChI is InChI=1S/C12H14N2OS/c1-9-13-12(8-16-9)11(7-15)14-10-5-3-2-4-6-10/h2-6,8,11,14-15H,7H2,1H3. The zero-order chi connectivity index (χ0) is 11.4. The molecule has 1 atom stereocenters. The van der Waals surface area contributed by atoms with Gasteiger partial charge in [-0.15, -0.1) is 11.3 Å². The van der Waals surface area contributed by atoms with Crippen LogP contribution in [0, 0.1) is 6.92 Å². The second-order valence-electron chi connectivity index (χ2n) is 3.54. The predicted octanol–water partition coefficient (Wildman–Crippen LogP) is 2.60. The van der Waals surface area contributed by atoms with Crippen LogP contribution in [-0.2, 0) is 0 Å². The van der Waals surface area contributed by atoms with Crippen molar-refractivity contribution in [2.24, 2.45) is 0 Å². The van der Waals surface area contributed by atoms with Crippen molar-refractivity contribution in [3.63, 3.8) is 0 Å². The van der Waals surface area contributed by atoms with Crippen molar-refractivity contribution >= 4 is 17.0 Å². The summed E-state index contributed by atoms with van der Waals surface area (Å²) in [5.41, 5.74) is 1.89. The van der Waals surface area contributed by atoms with Gasteiger partial charge in [0.15, 0.2) is 0 Å². The van der Waals surface area contributed by atoms with Crippen molar-refractivity contribution < 1.29 is 5.11 Å². The zero-order valence-electron chi connectivity index (χ0n) is 9.05. The molecular formula is C12H14N2OS. The maximum atomic E-state index is 9.35. The highest BCUT2D eigenvalue weighted by Crippen LogP contribution is 2.20. The second-order valence-corrected chi connectivity index (χ2v) is 4.60. The van der Waals surface area contributed by atoms with Gasteiger partial charge in [0.25, 0.3) is 0 Å². The van der Waals surface area contributed by atoms with E-state index in [1.165, 1.54) is 0 Å². The Labute approximate surface area is 98.8 Å². The lowest BCUT2D eigenvalue weighted by atomic mass is 10.2. The Balaban J connectivity index is 2.12. The quantitative estimate of drug-likeness (QED) is 0.854. The second kappa shape index (κ2) is 5.09. The molecule has 1 aromatic heterocycles. The summed E-state index contributed by atoms with van der Waals surface area (Å²) in [6.45, 7) is 2.00. The van der Waals surface area contributed by atoms with Gasteiger partial charge < -0.3 is 10.4 Å². The number of aliphatic hydroxyl groups is 1. The molecule has 2 N–H and O–H groups in total. The van der Waals surface area contributed by atoms with Crippen LogP contribution in [0.15, 0.2) is 35.7 Å². The number of aliphatic hydroxyl groups excluding tert-OH is 1. The van der Waals surface area contributed by atoms with E-state index in [0.29, 0.717) is 0 Å². The molecule has 2 aromatic rings. The fourth-order valence-electron chi connectivity index (χ4n) is 1.49. The topological polar surface area (TPSA) is 45.2 Å². The molecule has 0 bridgehead atoms. The number of thiazole rings is 1. The third-order valence-corrected chi connectivity index (χ3v) is 3.08. The van der Waals surface area contributed by atoms with E-state index >= 15 is 0 Å². The van der Waals surface area contributed by atoms with Crippen LogP contribution >= 0.6 is 11.3 Å². The van der Waals surface area contributed by atoms with Crippen LogP contribution in [0.5, 0.6) is 0 Å². The van der Waals surface area contributed by atoms with Crippen molar-refractivity contribution in [2.75, 3.05) is 11.9 Å². The van der Waals surface area contributed by atoms with Crippen LogP contribution in [-0.4, -0.2) is 16.7 Å². The number of hydrogen-bond acceptors (Lipinski definition) is 4. The molecule has 84 valence electrons. The van der Waals surface area contributed by atoms with E-state index in [1.54, 1.807) is 11.3 Å². The molecule has 0 aliphatic heterocycles. The van der Waals surface area contributed by atoms with Gasteiger partial charge in [-0.2, -0.15) is 0 Å². The number of benzene rings is 1. The van der Waals surface area contributed by atoms with Gasteiger partial charge >= 0.3 is 0 Å². The lowest BCUT2D eigenvalue weighted by Gasteiger charge is -2.15. The largest absolute Gasteiger partial charge is 0.394 e. The van der Waals surface area contributed by atoms with Crippen molar-refractivity contribution in [1.82, 2.24) is 4.98 Å². The lowest BCUT2D eigenvalue weighted by Crippen LogP contribution is -2.15. The van der Waals surface area contributed by atoms with Gasteiger partial charge in [0.1, 0.15) is 0 Å². The van der Waals surface area contributed by atoms with E-state index < -0.39 is 0 Å². The third kappa shape index (κ3) is 2.59. The van der Waals surface area contributed by atoms with Crippen LogP contribution in [0.2, 0.25) is 0 Å². The summed E-state index contributed by atoms with van der Waals surface area (Å²) < 4.78 is 0. The Kier molecular flexibility index (Phi) is 3.54. The summed E-state index contributed by atoms with van der Waals surface area (Å²) >= 11 is 1.60. The molecule has 0 radical (unpaired) electrons. The van der Waals surface area contributed by atoms with E-state index in [4.69, 9.17) is 0 Å². The van der Waals surface area contributed by atoms with E-state index in [0.717, 1.165) is 16.4 Å². The Morgan fingerprint density at radius 2 is 2.12 bits per heavy atom. The number of aromatic nitrogens is 1. The molecule has 0 amide bonds. The highest BCUT2D eigenvalue weighted by Gasteiger charge is 2.12. The number of nitrogens with one attached hydrogen (secondary N) is 1. The Hall–Kier alpha value is -1.39. The maximum Gasteiger partial charge on any atom is 0.0926 e. The molecule has 0 aliphatic rings. The first-order chi connectivity index (χ1) is 7.79. The molecule has 0 saturated heterocycles. The number of hydrogen-bond donors (Lipinski definition) is 2. The first kappa shape index (κ1) is 11.1. The summed E-state index contributed by atoms with van der Waals surface area (Å²) in [5, 5.41) is 15.6. The molecule has 0 saturated carbocycles. The Bertz CT molecular complexity index is 441. The normalized spacial score (nSPS) is 12.4. The highest BCUT2D eigenvalue weighted by atomic mass is 32.1. The van der Waals surface area contributed by atoms with E-state index in [-0.39, 0.29) is 12.6 Å². The monoisotopic (exact) mass is 234 g/mol. The zero-order valence-corrected chi connectivity index (χ0v) is 9.87. The number of anilines is 1. The first-order valence-corrected chi connectivity index (χ1v) is 6.02. The third-order valence-electron chi connectivity index (χ3n) is 2.29. The Morgan fingerprint density at radius 3 is 2.69 bits per heavy atom. The number of para-hydroxylation sites is 1. The minimum Gasteiger partial charge on any atom is -0.394 e. The van der Waals surface area contributed by atoms with Gasteiger partial charge in [-0.1, -0.05) is 18.2 Å². The molecule has 2 rings (SSSR count). The molecule has 0 aliphatic carbocycles. The van der Waals surface area contributed by atoms with Crippen LogP contribution in [0.3, 0.4) is 0 Å². The highest BCUT2D eigenvalue weighted by molar-refractivity contribution is 7.09. The molecule has 4 heteroatoms. The van der Waals surface area contributed by atoms with E-state index in [9.17, 15) is 5.11 Å². The van der Waals surface area contributed by atoms with Crippen molar-refractivity contribution in [1.29, 1.82) is 0 Å². The van der Waals surface area contributed by atoms with Crippen LogP contribution < -0.4 is 5.32 Å². The molecule has 1 heterocycles. The van der Waals surface area contributed by atoms with Crippen LogP contribution in [0.4, 0.5) is 5.69 Å². The molecular weight excluding hydrogens is 220 g/mol. The van der Waals surface area contributed by atoms with Gasteiger partial charge in [0.05, 0.1) is 23.4 Å². The molecule has 0 spiro atoms. The van der Waals surface area contributed by atoms with Crippen molar-refractivity contribution in [3.05, 3.63) is 46.4 Å². The molecule has 3 nitrogen and oxygen atoms in total. The van der Waals surface area contributed by atoms with Crippen molar-refractivity contribution in [2.45, 2.75) is 13.0 Å². The first-order valence-electron chi connectivity index (χ1n) is 5.14. The summed E-state index contributed by atoms with van der Waals surface area (Å²) in [5.74, 6) is 0. The van der Waals surface area contributed by atoms with Gasteiger partial charge in [0.2, 0.25) is 0 Å². The summed E-state index contributed by atoms with van der Waals surface area (Å²) in [7, 11) is 0. The fourth-order valence-corrected chi connectivity index (χ4v) is 2.16. The number of aryl methyl sites for hydroxylation is 1. The van der Waals surface area contributed by atoms with Gasteiger partial charge in [0, 0.05) is 11.1 Å². The molecule has 16 heavy (non-hydrogen) atoms. The predicted molar refractivity (Wildman–Crippen MR) is 66.7 cm³/mol. The lowest BCUT2D eigenvalue weighted by molar-refractivity contribution is 0.274. The SMILES string of the molecule is Cc1nc(C(CO)Nc2ccccc2)cs1. The fraction of sp³-hybridized carbons (Fsp3) is 0.250. The average Bonchev–Trinajstić information content (AvgIpc) is 2.74. The van der Waals surface area contributed by atoms with Crippen molar-refractivity contribution in [3.8, 4) is 0 Å². The molecule has 1 unspecified atom stereocenters. The van der Waals surface area contributed by atoms with Crippen LogP contribution in [0.1, 0.15) is 16.7 Å². The average molecular weight is 234 g/mol. The maximum absolute atomic E-state index is 9.35. The van der Waals surface area contributed by atoms with Gasteiger partial charge in [-0.3, -0.25) is 0 Å². The smallest absolute Gasteiger partial charge is 0.0926 e. The summed E-state index contributed by atoms with van der Waals surface area (Å²) in [4.78, 5) is 4.37. The number of rotatable bonds is 4. The van der Waals surface area contributed by atoms with Gasteiger partial charge in [-0.25, -0.2) is 4.98 Å². The Morgan fingerprint density at radius 1 is 1.38 bits per heavy atom. The minimum atomic E-state index is -0.132. The summed E-state index contributed by atoms with van der Waals surface area (Å²) in [6.07, 6.45) is 0. The molecule has 1 aromatic carbocycles. The van der Waals surface area contributed by atoms with Gasteiger partial charge in [-0.05, 0) is 19.1 Å². The minimum absolute atomic E-state index is 0.0397. The molecule has 0 fully saturated rings. The van der Waals surface area contributed by atoms with Crippen LogP contribution in [0.25, 0.3) is 0 Å². The summed E-state index contributed by atoms with van der Waals surface area (Å²) in [6, 6.07) is 9.70.